The lowest BCUT2D eigenvalue weighted by Crippen LogP contribution is -2.05. The van der Waals surface area contributed by atoms with Crippen LogP contribution in [-0.4, -0.2) is 14.2 Å². The highest BCUT2D eigenvalue weighted by Gasteiger charge is 2.09. The van der Waals surface area contributed by atoms with Crippen molar-refractivity contribution in [3.05, 3.63) is 71.1 Å². The van der Waals surface area contributed by atoms with Crippen LogP contribution in [-0.2, 0) is 10.1 Å². The SMILES string of the molecule is CC(=O)c1cccc(OS(=O)(=O)/C=C/c2ccccc2)c1. The predicted molar refractivity (Wildman–Crippen MR) is 81.5 cm³/mol. The second-order valence-electron chi connectivity index (χ2n) is 4.37. The fourth-order valence-electron chi connectivity index (χ4n) is 1.65. The molecular formula is C16H14O4S. The largest absolute Gasteiger partial charge is 0.379 e. The van der Waals surface area contributed by atoms with Crippen molar-refractivity contribution in [3.63, 3.8) is 0 Å². The summed E-state index contributed by atoms with van der Waals surface area (Å²) < 4.78 is 28.7. The van der Waals surface area contributed by atoms with Gasteiger partial charge in [-0.05, 0) is 30.7 Å². The number of rotatable bonds is 5. The molecule has 21 heavy (non-hydrogen) atoms. The second kappa shape index (κ2) is 6.37. The first kappa shape index (κ1) is 15.0. The van der Waals surface area contributed by atoms with E-state index in [0.29, 0.717) is 5.56 Å². The number of hydrogen-bond acceptors (Lipinski definition) is 4. The zero-order valence-electron chi connectivity index (χ0n) is 11.4. The summed E-state index contributed by atoms with van der Waals surface area (Å²) in [4.78, 5) is 11.3. The minimum absolute atomic E-state index is 0.111. The van der Waals surface area contributed by atoms with Gasteiger partial charge in [0.15, 0.2) is 5.78 Å². The van der Waals surface area contributed by atoms with Crippen LogP contribution in [0.25, 0.3) is 6.08 Å². The Balaban J connectivity index is 2.16. The lowest BCUT2D eigenvalue weighted by Gasteiger charge is -2.04. The van der Waals surface area contributed by atoms with Gasteiger partial charge >= 0.3 is 10.1 Å². The molecule has 0 aromatic heterocycles. The van der Waals surface area contributed by atoms with Gasteiger partial charge in [0, 0.05) is 5.56 Å². The van der Waals surface area contributed by atoms with Crippen LogP contribution in [0.4, 0.5) is 0 Å². The highest BCUT2D eigenvalue weighted by atomic mass is 32.2. The Labute approximate surface area is 123 Å². The van der Waals surface area contributed by atoms with E-state index in [1.807, 2.05) is 18.2 Å². The Morgan fingerprint density at radius 2 is 1.76 bits per heavy atom. The number of hydrogen-bond donors (Lipinski definition) is 0. The molecule has 0 amide bonds. The van der Waals surface area contributed by atoms with Crippen molar-refractivity contribution in [2.24, 2.45) is 0 Å². The smallest absolute Gasteiger partial charge is 0.332 e. The molecule has 2 rings (SSSR count). The molecule has 0 atom stereocenters. The van der Waals surface area contributed by atoms with E-state index in [1.54, 1.807) is 24.3 Å². The second-order valence-corrected chi connectivity index (χ2v) is 5.80. The molecule has 5 heteroatoms. The maximum absolute atomic E-state index is 11.9. The van der Waals surface area contributed by atoms with E-state index in [-0.39, 0.29) is 11.5 Å². The fourth-order valence-corrected chi connectivity index (χ4v) is 2.41. The summed E-state index contributed by atoms with van der Waals surface area (Å²) in [7, 11) is -3.87. The maximum atomic E-state index is 11.9. The van der Waals surface area contributed by atoms with Gasteiger partial charge in [-0.1, -0.05) is 42.5 Å². The van der Waals surface area contributed by atoms with Crippen molar-refractivity contribution >= 4 is 22.0 Å². The quantitative estimate of drug-likeness (QED) is 0.628. The molecule has 0 aliphatic carbocycles. The van der Waals surface area contributed by atoms with Crippen LogP contribution in [0, 0.1) is 0 Å². The van der Waals surface area contributed by atoms with Crippen molar-refractivity contribution in [1.29, 1.82) is 0 Å². The first-order valence-electron chi connectivity index (χ1n) is 6.25. The van der Waals surface area contributed by atoms with Crippen molar-refractivity contribution in [2.75, 3.05) is 0 Å². The van der Waals surface area contributed by atoms with E-state index in [2.05, 4.69) is 0 Å². The maximum Gasteiger partial charge on any atom is 0.332 e. The van der Waals surface area contributed by atoms with Gasteiger partial charge in [-0.3, -0.25) is 4.79 Å². The molecule has 2 aromatic rings. The third kappa shape index (κ3) is 4.57. The Kier molecular flexibility index (Phi) is 4.55. The fraction of sp³-hybridized carbons (Fsp3) is 0.0625. The molecule has 0 aliphatic heterocycles. The minimum Gasteiger partial charge on any atom is -0.379 e. The Morgan fingerprint density at radius 3 is 2.43 bits per heavy atom. The number of benzene rings is 2. The van der Waals surface area contributed by atoms with E-state index in [4.69, 9.17) is 4.18 Å². The average Bonchev–Trinajstić information content (AvgIpc) is 2.46. The van der Waals surface area contributed by atoms with Crippen molar-refractivity contribution < 1.29 is 17.4 Å². The van der Waals surface area contributed by atoms with Gasteiger partial charge in [0.25, 0.3) is 0 Å². The van der Waals surface area contributed by atoms with Gasteiger partial charge < -0.3 is 4.18 Å². The van der Waals surface area contributed by atoms with Crippen LogP contribution in [0.15, 0.2) is 60.0 Å². The first-order valence-corrected chi connectivity index (χ1v) is 7.72. The molecule has 0 unspecified atom stereocenters. The molecule has 0 saturated heterocycles. The topological polar surface area (TPSA) is 60.4 Å². The van der Waals surface area contributed by atoms with Crippen molar-refractivity contribution in [1.82, 2.24) is 0 Å². The third-order valence-electron chi connectivity index (χ3n) is 2.68. The van der Waals surface area contributed by atoms with Crippen molar-refractivity contribution in [2.45, 2.75) is 6.92 Å². The lowest BCUT2D eigenvalue weighted by molar-refractivity contribution is 0.101. The highest BCUT2D eigenvalue weighted by molar-refractivity contribution is 7.90. The van der Waals surface area contributed by atoms with Crippen LogP contribution < -0.4 is 4.18 Å². The summed E-state index contributed by atoms with van der Waals surface area (Å²) in [6.07, 6.45) is 1.45. The molecule has 0 aliphatic rings. The zero-order valence-corrected chi connectivity index (χ0v) is 12.2. The zero-order chi connectivity index (χ0) is 15.3. The van der Waals surface area contributed by atoms with Gasteiger partial charge in [-0.2, -0.15) is 8.42 Å². The van der Waals surface area contributed by atoms with E-state index in [1.165, 1.54) is 25.1 Å². The number of carbonyl (C=O) groups is 1. The monoisotopic (exact) mass is 302 g/mol. The first-order chi connectivity index (χ1) is 9.96. The molecule has 0 saturated carbocycles. The third-order valence-corrected chi connectivity index (χ3v) is 3.57. The van der Waals surface area contributed by atoms with E-state index in [9.17, 15) is 13.2 Å². The average molecular weight is 302 g/mol. The van der Waals surface area contributed by atoms with Gasteiger partial charge in [0.1, 0.15) is 5.75 Å². The standard InChI is InChI=1S/C16H14O4S/c1-13(17)15-8-5-9-16(12-15)20-21(18,19)11-10-14-6-3-2-4-7-14/h2-12H,1H3/b11-10+. The summed E-state index contributed by atoms with van der Waals surface area (Å²) in [5.74, 6) is -0.0434. The van der Waals surface area contributed by atoms with Crippen LogP contribution in [0.3, 0.4) is 0 Å². The summed E-state index contributed by atoms with van der Waals surface area (Å²) in [5.41, 5.74) is 1.15. The molecule has 0 N–H and O–H groups in total. The van der Waals surface area contributed by atoms with Crippen LogP contribution in [0.2, 0.25) is 0 Å². The lowest BCUT2D eigenvalue weighted by atomic mass is 10.1. The van der Waals surface area contributed by atoms with Crippen LogP contribution in [0.1, 0.15) is 22.8 Å². The Bertz CT molecular complexity index is 762. The minimum atomic E-state index is -3.87. The molecule has 2 aromatic carbocycles. The molecule has 0 fully saturated rings. The molecule has 108 valence electrons. The van der Waals surface area contributed by atoms with Gasteiger partial charge in [-0.25, -0.2) is 0 Å². The molecule has 0 bridgehead atoms. The van der Waals surface area contributed by atoms with E-state index < -0.39 is 10.1 Å². The van der Waals surface area contributed by atoms with Crippen LogP contribution >= 0.6 is 0 Å². The summed E-state index contributed by atoms with van der Waals surface area (Å²) in [5, 5.41) is 0.989. The van der Waals surface area contributed by atoms with Gasteiger partial charge in [0.05, 0.1) is 5.41 Å². The van der Waals surface area contributed by atoms with Crippen molar-refractivity contribution in [3.8, 4) is 5.75 Å². The summed E-state index contributed by atoms with van der Waals surface area (Å²) in [6, 6.07) is 15.1. The van der Waals surface area contributed by atoms with Gasteiger partial charge in [0.2, 0.25) is 0 Å². The molecule has 0 spiro atoms. The highest BCUT2D eigenvalue weighted by Crippen LogP contribution is 2.17. The molecule has 4 nitrogen and oxygen atoms in total. The molecule has 0 heterocycles. The number of Topliss-reactive ketones (excluding diaryl/α,β-unsaturated/α-hetero) is 1. The normalized spacial score (nSPS) is 11.5. The number of carbonyl (C=O) groups excluding carboxylic acids is 1. The molecule has 0 radical (unpaired) electrons. The Morgan fingerprint density at radius 1 is 1.05 bits per heavy atom. The van der Waals surface area contributed by atoms with E-state index in [0.717, 1.165) is 11.0 Å². The van der Waals surface area contributed by atoms with Gasteiger partial charge in [-0.15, -0.1) is 0 Å². The number of ketones is 1. The summed E-state index contributed by atoms with van der Waals surface area (Å²) >= 11 is 0. The summed E-state index contributed by atoms with van der Waals surface area (Å²) in [6.45, 7) is 1.41. The van der Waals surface area contributed by atoms with Crippen LogP contribution in [0.5, 0.6) is 5.75 Å². The molecular weight excluding hydrogens is 288 g/mol. The van der Waals surface area contributed by atoms with E-state index >= 15 is 0 Å². The predicted octanol–water partition coefficient (Wildman–Crippen LogP) is 3.27. The Hall–Kier alpha value is -2.40.